The average Bonchev–Trinajstić information content (AvgIpc) is 2.97. The van der Waals surface area contributed by atoms with Gasteiger partial charge < -0.3 is 4.90 Å². The maximum atomic E-state index is 6.15. The molecule has 0 spiro atoms. The molecule has 3 heterocycles. The number of aromatic nitrogens is 3. The minimum absolute atomic E-state index is 0.690. The van der Waals surface area contributed by atoms with Crippen molar-refractivity contribution in [2.45, 2.75) is 27.2 Å². The van der Waals surface area contributed by atoms with Gasteiger partial charge >= 0.3 is 0 Å². The van der Waals surface area contributed by atoms with Gasteiger partial charge in [0, 0.05) is 41.5 Å². The van der Waals surface area contributed by atoms with Gasteiger partial charge in [0.2, 0.25) is 0 Å². The molecule has 0 unspecified atom stereocenters. The van der Waals surface area contributed by atoms with E-state index in [-0.39, 0.29) is 0 Å². The van der Waals surface area contributed by atoms with Crippen molar-refractivity contribution < 1.29 is 0 Å². The molecule has 0 radical (unpaired) electrons. The van der Waals surface area contributed by atoms with E-state index in [1.165, 1.54) is 6.42 Å². The number of aryl methyl sites for hydroxylation is 1. The minimum atomic E-state index is 0.690. The molecular weight excluding hydrogens is 332 g/mol. The van der Waals surface area contributed by atoms with Crippen molar-refractivity contribution in [1.82, 2.24) is 14.6 Å². The Morgan fingerprint density at radius 1 is 1.08 bits per heavy atom. The molecule has 2 aromatic heterocycles. The van der Waals surface area contributed by atoms with Gasteiger partial charge in [-0.05, 0) is 37.3 Å². The number of benzene rings is 1. The van der Waals surface area contributed by atoms with Gasteiger partial charge in [0.15, 0.2) is 5.65 Å². The third-order valence-electron chi connectivity index (χ3n) is 4.85. The van der Waals surface area contributed by atoms with Gasteiger partial charge in [-0.25, -0.2) is 4.98 Å². The Bertz CT molecular complexity index is 907. The van der Waals surface area contributed by atoms with Gasteiger partial charge in [0.05, 0.1) is 5.69 Å². The molecule has 5 heteroatoms. The number of piperidine rings is 1. The Morgan fingerprint density at radius 2 is 1.84 bits per heavy atom. The Kier molecular flexibility index (Phi) is 4.16. The second-order valence-corrected chi connectivity index (χ2v) is 7.85. The van der Waals surface area contributed by atoms with Gasteiger partial charge in [-0.15, -0.1) is 0 Å². The summed E-state index contributed by atoms with van der Waals surface area (Å²) in [6.07, 6.45) is 1.29. The molecular formula is C20H23ClN4. The standard InChI is InChI=1S/C20H23ClN4/c1-13-7-14(2)12-24(11-13)20-8-15(3)22-19-10-18(23-25(19)20)16-5-4-6-17(21)9-16/h4-6,8-10,13-14H,7,11-12H2,1-3H3/t13-,14-/m0/s1. The molecule has 1 aliphatic rings. The van der Waals surface area contributed by atoms with E-state index in [4.69, 9.17) is 16.7 Å². The van der Waals surface area contributed by atoms with Crippen molar-refractivity contribution >= 4 is 23.1 Å². The molecule has 1 fully saturated rings. The quantitative estimate of drug-likeness (QED) is 0.660. The normalized spacial score (nSPS) is 21.0. The van der Waals surface area contributed by atoms with Gasteiger partial charge in [-0.2, -0.15) is 9.61 Å². The van der Waals surface area contributed by atoms with Crippen LogP contribution in [0.1, 0.15) is 26.0 Å². The fourth-order valence-corrected chi connectivity index (χ4v) is 4.13. The molecule has 25 heavy (non-hydrogen) atoms. The van der Waals surface area contributed by atoms with Crippen molar-refractivity contribution in [3.63, 3.8) is 0 Å². The molecule has 1 aromatic carbocycles. The van der Waals surface area contributed by atoms with E-state index >= 15 is 0 Å². The molecule has 0 N–H and O–H groups in total. The fraction of sp³-hybridized carbons (Fsp3) is 0.400. The molecule has 4 rings (SSSR count). The summed E-state index contributed by atoms with van der Waals surface area (Å²) in [5.41, 5.74) is 3.82. The van der Waals surface area contributed by atoms with Crippen LogP contribution in [0.5, 0.6) is 0 Å². The number of fused-ring (bicyclic) bond motifs is 1. The molecule has 0 amide bonds. The van der Waals surface area contributed by atoms with Crippen molar-refractivity contribution in [2.24, 2.45) is 11.8 Å². The maximum absolute atomic E-state index is 6.15. The molecule has 130 valence electrons. The highest BCUT2D eigenvalue weighted by Crippen LogP contribution is 2.29. The number of halogens is 1. The first-order chi connectivity index (χ1) is 12.0. The highest BCUT2D eigenvalue weighted by atomic mass is 35.5. The van der Waals surface area contributed by atoms with E-state index in [1.54, 1.807) is 0 Å². The monoisotopic (exact) mass is 354 g/mol. The zero-order valence-corrected chi connectivity index (χ0v) is 15.7. The van der Waals surface area contributed by atoms with Crippen LogP contribution in [0.3, 0.4) is 0 Å². The van der Waals surface area contributed by atoms with Crippen molar-refractivity contribution in [3.05, 3.63) is 47.1 Å². The molecule has 1 aliphatic heterocycles. The summed E-state index contributed by atoms with van der Waals surface area (Å²) < 4.78 is 1.98. The van der Waals surface area contributed by atoms with Crippen molar-refractivity contribution in [2.75, 3.05) is 18.0 Å². The summed E-state index contributed by atoms with van der Waals surface area (Å²) in [4.78, 5) is 7.13. The first-order valence-corrected chi connectivity index (χ1v) is 9.25. The van der Waals surface area contributed by atoms with Crippen molar-refractivity contribution in [1.29, 1.82) is 0 Å². The molecule has 0 saturated carbocycles. The number of nitrogens with zero attached hydrogens (tertiary/aromatic N) is 4. The van der Waals surface area contributed by atoms with Crippen LogP contribution in [0.2, 0.25) is 5.02 Å². The third-order valence-corrected chi connectivity index (χ3v) is 5.08. The Morgan fingerprint density at radius 3 is 2.56 bits per heavy atom. The number of hydrogen-bond donors (Lipinski definition) is 0. The molecule has 4 nitrogen and oxygen atoms in total. The van der Waals surface area contributed by atoms with Crippen LogP contribution in [0.4, 0.5) is 5.82 Å². The SMILES string of the molecule is Cc1cc(N2C[C@@H](C)C[C@H](C)C2)n2nc(-c3cccc(Cl)c3)cc2n1. The fourth-order valence-electron chi connectivity index (χ4n) is 3.94. The minimum Gasteiger partial charge on any atom is -0.356 e. The Balaban J connectivity index is 1.82. The first kappa shape index (κ1) is 16.4. The average molecular weight is 355 g/mol. The highest BCUT2D eigenvalue weighted by Gasteiger charge is 2.24. The van der Waals surface area contributed by atoms with Crippen LogP contribution in [-0.4, -0.2) is 27.7 Å². The lowest BCUT2D eigenvalue weighted by Gasteiger charge is -2.36. The summed E-state index contributed by atoms with van der Waals surface area (Å²) in [6.45, 7) is 8.83. The Labute approximate surface area is 153 Å². The predicted molar refractivity (Wildman–Crippen MR) is 103 cm³/mol. The third kappa shape index (κ3) is 3.23. The summed E-state index contributed by atoms with van der Waals surface area (Å²) in [6, 6.07) is 12.0. The summed E-state index contributed by atoms with van der Waals surface area (Å²) in [5.74, 6) is 2.51. The van der Waals surface area contributed by atoms with Gasteiger partial charge in [0.1, 0.15) is 5.82 Å². The van der Waals surface area contributed by atoms with Crippen LogP contribution in [0.25, 0.3) is 16.9 Å². The summed E-state index contributed by atoms with van der Waals surface area (Å²) >= 11 is 6.15. The van der Waals surface area contributed by atoms with E-state index in [1.807, 2.05) is 41.8 Å². The second-order valence-electron chi connectivity index (χ2n) is 7.42. The zero-order valence-electron chi connectivity index (χ0n) is 14.9. The van der Waals surface area contributed by atoms with E-state index in [0.717, 1.165) is 46.5 Å². The zero-order chi connectivity index (χ0) is 17.6. The van der Waals surface area contributed by atoms with Gasteiger partial charge in [-0.3, -0.25) is 0 Å². The topological polar surface area (TPSA) is 33.4 Å². The number of anilines is 1. The second kappa shape index (κ2) is 6.34. The van der Waals surface area contributed by atoms with Crippen molar-refractivity contribution in [3.8, 4) is 11.3 Å². The summed E-state index contributed by atoms with van der Waals surface area (Å²) in [5, 5.41) is 5.56. The van der Waals surface area contributed by atoms with Crippen LogP contribution >= 0.6 is 11.6 Å². The maximum Gasteiger partial charge on any atom is 0.158 e. The predicted octanol–water partition coefficient (Wildman–Crippen LogP) is 4.84. The molecule has 0 bridgehead atoms. The Hall–Kier alpha value is -2.07. The smallest absolute Gasteiger partial charge is 0.158 e. The first-order valence-electron chi connectivity index (χ1n) is 8.88. The lowest BCUT2D eigenvalue weighted by Crippen LogP contribution is -2.39. The van der Waals surface area contributed by atoms with E-state index in [0.29, 0.717) is 11.8 Å². The van der Waals surface area contributed by atoms with Gasteiger partial charge in [-0.1, -0.05) is 37.6 Å². The highest BCUT2D eigenvalue weighted by molar-refractivity contribution is 6.30. The molecule has 0 aliphatic carbocycles. The van der Waals surface area contributed by atoms with Crippen LogP contribution in [-0.2, 0) is 0 Å². The van der Waals surface area contributed by atoms with Crippen LogP contribution in [0.15, 0.2) is 36.4 Å². The van der Waals surface area contributed by atoms with E-state index in [2.05, 4.69) is 29.8 Å². The lowest BCUT2D eigenvalue weighted by molar-refractivity contribution is 0.354. The van der Waals surface area contributed by atoms with Crippen LogP contribution < -0.4 is 4.90 Å². The number of rotatable bonds is 2. The molecule has 3 aromatic rings. The van der Waals surface area contributed by atoms with E-state index in [9.17, 15) is 0 Å². The largest absolute Gasteiger partial charge is 0.356 e. The van der Waals surface area contributed by atoms with Gasteiger partial charge in [0.25, 0.3) is 0 Å². The summed E-state index contributed by atoms with van der Waals surface area (Å²) in [7, 11) is 0. The molecule has 2 atom stereocenters. The van der Waals surface area contributed by atoms with Crippen LogP contribution in [0, 0.1) is 18.8 Å². The molecule has 1 saturated heterocycles. The van der Waals surface area contributed by atoms with E-state index < -0.39 is 0 Å². The lowest BCUT2D eigenvalue weighted by atomic mass is 9.92. The number of hydrogen-bond acceptors (Lipinski definition) is 3.